The molecule has 1 heterocycles. The summed E-state index contributed by atoms with van der Waals surface area (Å²) in [4.78, 5) is 12.1. The molecule has 5 heteroatoms. The Bertz CT molecular complexity index is 475. The van der Waals surface area contributed by atoms with Gasteiger partial charge in [-0.05, 0) is 36.3 Å². The molecule has 2 unspecified atom stereocenters. The second kappa shape index (κ2) is 6.83. The Hall–Kier alpha value is -0.710. The summed E-state index contributed by atoms with van der Waals surface area (Å²) >= 11 is 7.67. The van der Waals surface area contributed by atoms with Crippen LogP contribution in [0.5, 0.6) is 0 Å². The molecule has 1 aromatic rings. The van der Waals surface area contributed by atoms with Crippen molar-refractivity contribution >= 4 is 29.3 Å². The maximum Gasteiger partial charge on any atom is 0.223 e. The van der Waals surface area contributed by atoms with Gasteiger partial charge in [0, 0.05) is 23.2 Å². The number of thioether (sulfide) groups is 1. The molecule has 0 aromatic heterocycles. The van der Waals surface area contributed by atoms with Crippen molar-refractivity contribution < 1.29 is 9.90 Å². The van der Waals surface area contributed by atoms with Gasteiger partial charge in [-0.2, -0.15) is 11.8 Å². The fraction of sp³-hybridized carbons (Fsp3) is 0.533. The number of rotatable bonds is 5. The molecule has 2 rings (SSSR count). The fourth-order valence-corrected chi connectivity index (χ4v) is 3.78. The molecule has 0 radical (unpaired) electrons. The van der Waals surface area contributed by atoms with Crippen LogP contribution < -0.4 is 5.32 Å². The Morgan fingerprint density at radius 3 is 3.05 bits per heavy atom. The summed E-state index contributed by atoms with van der Waals surface area (Å²) in [6.45, 7) is 2.24. The van der Waals surface area contributed by atoms with E-state index in [1.165, 1.54) is 0 Å². The average Bonchev–Trinajstić information content (AvgIpc) is 2.83. The van der Waals surface area contributed by atoms with Gasteiger partial charge in [0.15, 0.2) is 0 Å². The Morgan fingerprint density at radius 1 is 1.60 bits per heavy atom. The van der Waals surface area contributed by atoms with Gasteiger partial charge >= 0.3 is 0 Å². The zero-order valence-corrected chi connectivity index (χ0v) is 13.1. The molecule has 3 nitrogen and oxygen atoms in total. The van der Waals surface area contributed by atoms with Crippen LogP contribution in [0, 0.1) is 5.92 Å². The molecule has 0 aliphatic carbocycles. The maximum absolute atomic E-state index is 12.1. The summed E-state index contributed by atoms with van der Waals surface area (Å²) in [5.74, 6) is 1.52. The molecule has 1 aromatic carbocycles. The van der Waals surface area contributed by atoms with Crippen molar-refractivity contribution in [3.8, 4) is 0 Å². The van der Waals surface area contributed by atoms with Gasteiger partial charge in [-0.25, -0.2) is 0 Å². The minimum Gasteiger partial charge on any atom is -0.387 e. The number of carbonyl (C=O) groups excluding carboxylic acids is 1. The van der Waals surface area contributed by atoms with Gasteiger partial charge in [-0.1, -0.05) is 30.7 Å². The van der Waals surface area contributed by atoms with Crippen molar-refractivity contribution in [1.29, 1.82) is 0 Å². The van der Waals surface area contributed by atoms with E-state index in [0.29, 0.717) is 23.7 Å². The summed E-state index contributed by atoms with van der Waals surface area (Å²) < 4.78 is 0. The summed E-state index contributed by atoms with van der Waals surface area (Å²) in [5, 5.41) is 13.7. The number of aliphatic hydroxyl groups is 1. The Balaban J connectivity index is 1.83. The summed E-state index contributed by atoms with van der Waals surface area (Å²) in [7, 11) is 0. The van der Waals surface area contributed by atoms with Crippen LogP contribution in [0.4, 0.5) is 0 Å². The summed E-state index contributed by atoms with van der Waals surface area (Å²) in [5.41, 5.74) is 0.325. The number of amides is 1. The van der Waals surface area contributed by atoms with E-state index in [2.05, 4.69) is 5.32 Å². The summed E-state index contributed by atoms with van der Waals surface area (Å²) in [6, 6.07) is 7.56. The van der Waals surface area contributed by atoms with Gasteiger partial charge < -0.3 is 10.4 Å². The van der Waals surface area contributed by atoms with Crippen molar-refractivity contribution in [1.82, 2.24) is 5.32 Å². The van der Waals surface area contributed by atoms with Crippen LogP contribution >= 0.6 is 23.4 Å². The number of hydrogen-bond donors (Lipinski definition) is 2. The Morgan fingerprint density at radius 2 is 2.40 bits per heavy atom. The highest BCUT2D eigenvalue weighted by molar-refractivity contribution is 7.99. The van der Waals surface area contributed by atoms with E-state index in [0.717, 1.165) is 17.7 Å². The van der Waals surface area contributed by atoms with Crippen molar-refractivity contribution in [3.05, 3.63) is 34.9 Å². The van der Waals surface area contributed by atoms with Crippen LogP contribution in [0.25, 0.3) is 0 Å². The van der Waals surface area contributed by atoms with Crippen LogP contribution in [-0.4, -0.2) is 34.7 Å². The number of nitrogens with one attached hydrogen (secondary N) is 1. The van der Waals surface area contributed by atoms with Gasteiger partial charge in [-0.3, -0.25) is 4.79 Å². The Kier molecular flexibility index (Phi) is 5.35. The van der Waals surface area contributed by atoms with E-state index in [9.17, 15) is 9.90 Å². The first kappa shape index (κ1) is 15.7. The standard InChI is InChI=1S/C15H20ClNO2S/c1-11(7-12-3-2-4-13(16)8-12)14(18)17-9-15(19)5-6-20-10-15/h2-4,8,11,19H,5-7,9-10H2,1H3,(H,17,18). The first-order valence-electron chi connectivity index (χ1n) is 6.81. The molecule has 0 spiro atoms. The minimum absolute atomic E-state index is 0.0182. The second-order valence-corrected chi connectivity index (χ2v) is 7.02. The number of carbonyl (C=O) groups is 1. The molecule has 110 valence electrons. The fourth-order valence-electron chi connectivity index (χ4n) is 2.27. The van der Waals surface area contributed by atoms with Gasteiger partial charge in [-0.15, -0.1) is 0 Å². The quantitative estimate of drug-likeness (QED) is 0.878. The monoisotopic (exact) mass is 313 g/mol. The molecule has 0 bridgehead atoms. The lowest BCUT2D eigenvalue weighted by molar-refractivity contribution is -0.125. The van der Waals surface area contributed by atoms with Gasteiger partial charge in [0.2, 0.25) is 5.91 Å². The lowest BCUT2D eigenvalue weighted by atomic mass is 9.99. The highest BCUT2D eigenvalue weighted by Gasteiger charge is 2.32. The zero-order chi connectivity index (χ0) is 14.6. The van der Waals surface area contributed by atoms with Gasteiger partial charge in [0.1, 0.15) is 0 Å². The molecule has 2 atom stereocenters. The van der Waals surface area contributed by atoms with E-state index < -0.39 is 5.60 Å². The van der Waals surface area contributed by atoms with Crippen molar-refractivity contribution in [2.75, 3.05) is 18.1 Å². The molecule has 1 aliphatic heterocycles. The Labute approximate surface area is 129 Å². The lowest BCUT2D eigenvalue weighted by Crippen LogP contribution is -2.44. The van der Waals surface area contributed by atoms with Crippen molar-refractivity contribution in [2.45, 2.75) is 25.4 Å². The number of hydrogen-bond acceptors (Lipinski definition) is 3. The van der Waals surface area contributed by atoms with Crippen molar-refractivity contribution in [2.24, 2.45) is 5.92 Å². The second-order valence-electron chi connectivity index (χ2n) is 5.48. The van der Waals surface area contributed by atoms with Crippen LogP contribution in [0.15, 0.2) is 24.3 Å². The minimum atomic E-state index is -0.726. The van der Waals surface area contributed by atoms with Gasteiger partial charge in [0.05, 0.1) is 5.60 Å². The third-order valence-electron chi connectivity index (χ3n) is 3.55. The smallest absolute Gasteiger partial charge is 0.223 e. The average molecular weight is 314 g/mol. The molecule has 1 amide bonds. The maximum atomic E-state index is 12.1. The highest BCUT2D eigenvalue weighted by Crippen LogP contribution is 2.27. The molecule has 2 N–H and O–H groups in total. The highest BCUT2D eigenvalue weighted by atomic mass is 35.5. The molecule has 1 saturated heterocycles. The topological polar surface area (TPSA) is 49.3 Å². The van der Waals surface area contributed by atoms with Crippen molar-refractivity contribution in [3.63, 3.8) is 0 Å². The molecule has 0 saturated carbocycles. The van der Waals surface area contributed by atoms with E-state index >= 15 is 0 Å². The first-order valence-corrected chi connectivity index (χ1v) is 8.34. The molecule has 20 heavy (non-hydrogen) atoms. The van der Waals surface area contributed by atoms with Crippen LogP contribution in [0.1, 0.15) is 18.9 Å². The molecular weight excluding hydrogens is 294 g/mol. The lowest BCUT2D eigenvalue weighted by Gasteiger charge is -2.22. The molecular formula is C15H20ClNO2S. The predicted octanol–water partition coefficient (Wildman–Crippen LogP) is 2.50. The van der Waals surface area contributed by atoms with Crippen LogP contribution in [0.2, 0.25) is 5.02 Å². The third kappa shape index (κ3) is 4.40. The SMILES string of the molecule is CC(Cc1cccc(Cl)c1)C(=O)NCC1(O)CCSC1. The van der Waals surface area contributed by atoms with Gasteiger partial charge in [0.25, 0.3) is 0 Å². The van der Waals surface area contributed by atoms with Crippen LogP contribution in [-0.2, 0) is 11.2 Å². The normalized spacial score (nSPS) is 23.6. The number of benzene rings is 1. The first-order chi connectivity index (χ1) is 9.48. The third-order valence-corrected chi connectivity index (χ3v) is 5.02. The summed E-state index contributed by atoms with van der Waals surface area (Å²) in [6.07, 6.45) is 1.40. The van der Waals surface area contributed by atoms with E-state index in [1.807, 2.05) is 31.2 Å². The predicted molar refractivity (Wildman–Crippen MR) is 84.2 cm³/mol. The number of halogens is 1. The van der Waals surface area contributed by atoms with Crippen LogP contribution in [0.3, 0.4) is 0 Å². The van der Waals surface area contributed by atoms with E-state index in [-0.39, 0.29) is 11.8 Å². The van der Waals surface area contributed by atoms with E-state index in [4.69, 9.17) is 11.6 Å². The zero-order valence-electron chi connectivity index (χ0n) is 11.6. The molecule has 1 aliphatic rings. The molecule has 1 fully saturated rings. The largest absolute Gasteiger partial charge is 0.387 e. The van der Waals surface area contributed by atoms with E-state index in [1.54, 1.807) is 11.8 Å².